The van der Waals surface area contributed by atoms with Gasteiger partial charge < -0.3 is 5.11 Å². The van der Waals surface area contributed by atoms with Gasteiger partial charge in [-0.15, -0.1) is 0 Å². The van der Waals surface area contributed by atoms with Crippen molar-refractivity contribution in [2.45, 2.75) is 32.6 Å². The Labute approximate surface area is 123 Å². The van der Waals surface area contributed by atoms with Gasteiger partial charge in [0.2, 0.25) is 0 Å². The largest absolute Gasteiger partial charge is 0.392 e. The minimum absolute atomic E-state index is 0.207. The third-order valence-corrected chi connectivity index (χ3v) is 5.20. The predicted octanol–water partition coefficient (Wildman–Crippen LogP) is 2.08. The number of hydrogen-bond donors (Lipinski definition) is 1. The van der Waals surface area contributed by atoms with Gasteiger partial charge in [0.05, 0.1) is 24.3 Å². The van der Waals surface area contributed by atoms with Crippen LogP contribution in [0.15, 0.2) is 24.5 Å². The summed E-state index contributed by atoms with van der Waals surface area (Å²) < 4.78 is 38.7. The Hall–Kier alpha value is -1.73. The molecule has 1 heterocycles. The van der Waals surface area contributed by atoms with Crippen molar-refractivity contribution in [2.75, 3.05) is 0 Å². The summed E-state index contributed by atoms with van der Waals surface area (Å²) in [5, 5.41) is 12.3. The highest BCUT2D eigenvalue weighted by atomic mass is 32.2. The van der Waals surface area contributed by atoms with E-state index in [1.807, 2.05) is 0 Å². The second-order valence-electron chi connectivity index (χ2n) is 5.11. The van der Waals surface area contributed by atoms with Crippen LogP contribution in [-0.4, -0.2) is 28.0 Å². The lowest BCUT2D eigenvalue weighted by Crippen LogP contribution is -2.22. The average molecular weight is 312 g/mol. The van der Waals surface area contributed by atoms with Gasteiger partial charge >= 0.3 is 0 Å². The first kappa shape index (κ1) is 15.7. The summed E-state index contributed by atoms with van der Waals surface area (Å²) in [6, 6.07) is 2.82. The fourth-order valence-corrected chi connectivity index (χ4v) is 2.84. The SMILES string of the molecule is Cc1cc(CO)c(F)cc1-c1cnn(S(=O)(=O)C(C)C)c1. The van der Waals surface area contributed by atoms with Crippen molar-refractivity contribution < 1.29 is 17.9 Å². The normalized spacial score (nSPS) is 12.1. The quantitative estimate of drug-likeness (QED) is 0.938. The number of aryl methyl sites for hydroxylation is 1. The molecule has 0 fully saturated rings. The summed E-state index contributed by atoms with van der Waals surface area (Å²) in [4.78, 5) is 0. The van der Waals surface area contributed by atoms with Gasteiger partial charge in [-0.05, 0) is 38.0 Å². The first-order valence-electron chi connectivity index (χ1n) is 6.46. The van der Waals surface area contributed by atoms with Crippen LogP contribution < -0.4 is 0 Å². The Balaban J connectivity index is 2.50. The maximum atomic E-state index is 13.8. The Kier molecular flexibility index (Phi) is 4.15. The van der Waals surface area contributed by atoms with E-state index in [0.29, 0.717) is 11.1 Å². The van der Waals surface area contributed by atoms with E-state index in [9.17, 15) is 12.8 Å². The van der Waals surface area contributed by atoms with Gasteiger partial charge in [0.25, 0.3) is 10.0 Å². The van der Waals surface area contributed by atoms with E-state index in [1.54, 1.807) is 26.8 Å². The minimum Gasteiger partial charge on any atom is -0.392 e. The summed E-state index contributed by atoms with van der Waals surface area (Å²) in [6.07, 6.45) is 2.76. The number of halogens is 1. The molecule has 0 spiro atoms. The summed E-state index contributed by atoms with van der Waals surface area (Å²) in [5.74, 6) is -0.530. The predicted molar refractivity (Wildman–Crippen MR) is 77.7 cm³/mol. The van der Waals surface area contributed by atoms with Crippen LogP contribution in [0.25, 0.3) is 11.1 Å². The molecule has 0 saturated carbocycles. The second-order valence-corrected chi connectivity index (χ2v) is 7.46. The topological polar surface area (TPSA) is 72.2 Å². The Morgan fingerprint density at radius 1 is 1.38 bits per heavy atom. The van der Waals surface area contributed by atoms with Gasteiger partial charge in [-0.2, -0.15) is 9.19 Å². The van der Waals surface area contributed by atoms with Crippen molar-refractivity contribution in [3.8, 4) is 11.1 Å². The number of rotatable bonds is 4. The van der Waals surface area contributed by atoms with Crippen molar-refractivity contribution in [3.05, 3.63) is 41.5 Å². The molecule has 0 amide bonds. The highest BCUT2D eigenvalue weighted by Crippen LogP contribution is 2.26. The molecule has 0 aliphatic heterocycles. The summed E-state index contributed by atoms with van der Waals surface area (Å²) in [5.41, 5.74) is 2.01. The Bertz CT molecular complexity index is 767. The molecule has 7 heteroatoms. The molecule has 0 saturated heterocycles. The minimum atomic E-state index is -3.53. The molecule has 0 unspecified atom stereocenters. The number of aliphatic hydroxyl groups is 1. The van der Waals surface area contributed by atoms with Gasteiger partial charge in [-0.1, -0.05) is 6.07 Å². The van der Waals surface area contributed by atoms with Crippen molar-refractivity contribution in [2.24, 2.45) is 0 Å². The van der Waals surface area contributed by atoms with Crippen LogP contribution in [0, 0.1) is 12.7 Å². The zero-order valence-corrected chi connectivity index (χ0v) is 12.9. The Morgan fingerprint density at radius 3 is 2.62 bits per heavy atom. The van der Waals surface area contributed by atoms with Gasteiger partial charge in [0, 0.05) is 11.1 Å². The number of nitrogens with zero attached hydrogens (tertiary/aromatic N) is 2. The smallest absolute Gasteiger partial charge is 0.256 e. The van der Waals surface area contributed by atoms with Gasteiger partial charge in [-0.3, -0.25) is 0 Å². The van der Waals surface area contributed by atoms with E-state index in [0.717, 1.165) is 9.65 Å². The van der Waals surface area contributed by atoms with Crippen LogP contribution in [-0.2, 0) is 16.6 Å². The van der Waals surface area contributed by atoms with Crippen LogP contribution in [0.5, 0.6) is 0 Å². The molecule has 5 nitrogen and oxygen atoms in total. The highest BCUT2D eigenvalue weighted by Gasteiger charge is 2.20. The van der Waals surface area contributed by atoms with E-state index in [1.165, 1.54) is 18.5 Å². The van der Waals surface area contributed by atoms with E-state index >= 15 is 0 Å². The number of benzene rings is 1. The van der Waals surface area contributed by atoms with Crippen LogP contribution in [0.4, 0.5) is 4.39 Å². The zero-order valence-electron chi connectivity index (χ0n) is 12.0. The molecule has 0 aliphatic rings. The summed E-state index contributed by atoms with van der Waals surface area (Å²) in [6.45, 7) is 4.52. The number of aromatic nitrogens is 2. The van der Waals surface area contributed by atoms with E-state index in [2.05, 4.69) is 5.10 Å². The first-order valence-corrected chi connectivity index (χ1v) is 7.97. The highest BCUT2D eigenvalue weighted by molar-refractivity contribution is 7.90. The van der Waals surface area contributed by atoms with Gasteiger partial charge in [0.15, 0.2) is 0 Å². The fraction of sp³-hybridized carbons (Fsp3) is 0.357. The second kappa shape index (κ2) is 5.57. The maximum Gasteiger partial charge on any atom is 0.256 e. The maximum absolute atomic E-state index is 13.8. The summed E-state index contributed by atoms with van der Waals surface area (Å²) >= 11 is 0. The fourth-order valence-electron chi connectivity index (χ4n) is 1.97. The van der Waals surface area contributed by atoms with E-state index < -0.39 is 21.1 Å². The third-order valence-electron chi connectivity index (χ3n) is 3.29. The third kappa shape index (κ3) is 2.84. The molecule has 0 bridgehead atoms. The average Bonchev–Trinajstić information content (AvgIpc) is 2.90. The molecule has 0 radical (unpaired) electrons. The Morgan fingerprint density at radius 2 is 2.05 bits per heavy atom. The lowest BCUT2D eigenvalue weighted by atomic mass is 10.0. The monoisotopic (exact) mass is 312 g/mol. The van der Waals surface area contributed by atoms with Crippen molar-refractivity contribution in [1.82, 2.24) is 9.19 Å². The van der Waals surface area contributed by atoms with E-state index in [-0.39, 0.29) is 12.2 Å². The standard InChI is InChI=1S/C14H17FN2O3S/c1-9(2)21(19,20)17-7-12(6-16-17)13-5-14(15)11(8-18)4-10(13)3/h4-7,9,18H,8H2,1-3H3. The van der Waals surface area contributed by atoms with Crippen LogP contribution in [0.3, 0.4) is 0 Å². The van der Waals surface area contributed by atoms with E-state index in [4.69, 9.17) is 5.11 Å². The molecule has 1 aromatic carbocycles. The van der Waals surface area contributed by atoms with Crippen LogP contribution in [0.2, 0.25) is 0 Å². The van der Waals surface area contributed by atoms with Crippen molar-refractivity contribution in [1.29, 1.82) is 0 Å². The van der Waals surface area contributed by atoms with Gasteiger partial charge in [0.1, 0.15) is 5.82 Å². The van der Waals surface area contributed by atoms with Crippen molar-refractivity contribution >= 4 is 10.0 Å². The van der Waals surface area contributed by atoms with Crippen LogP contribution in [0.1, 0.15) is 25.0 Å². The molecular weight excluding hydrogens is 295 g/mol. The molecule has 0 aliphatic carbocycles. The van der Waals surface area contributed by atoms with Crippen molar-refractivity contribution in [3.63, 3.8) is 0 Å². The molecule has 21 heavy (non-hydrogen) atoms. The molecule has 1 aromatic heterocycles. The summed E-state index contributed by atoms with van der Waals surface area (Å²) in [7, 11) is -3.53. The molecule has 2 aromatic rings. The molecule has 2 rings (SSSR count). The zero-order chi connectivity index (χ0) is 15.8. The molecule has 114 valence electrons. The molecule has 1 N–H and O–H groups in total. The van der Waals surface area contributed by atoms with Crippen LogP contribution >= 0.6 is 0 Å². The molecular formula is C14H17FN2O3S. The first-order chi connectivity index (χ1) is 9.77. The van der Waals surface area contributed by atoms with Gasteiger partial charge in [-0.25, -0.2) is 12.8 Å². The molecule has 0 atom stereocenters. The number of aliphatic hydroxyl groups excluding tert-OH is 1. The number of hydrogen-bond acceptors (Lipinski definition) is 4. The lowest BCUT2D eigenvalue weighted by molar-refractivity contribution is 0.275. The lowest BCUT2D eigenvalue weighted by Gasteiger charge is -2.08.